The molecule has 0 saturated carbocycles. The lowest BCUT2D eigenvalue weighted by molar-refractivity contribution is 0.338. The highest BCUT2D eigenvalue weighted by atomic mass is 32.2. The van der Waals surface area contributed by atoms with Crippen molar-refractivity contribution in [3.8, 4) is 6.07 Å². The zero-order chi connectivity index (χ0) is 15.6. The summed E-state index contributed by atoms with van der Waals surface area (Å²) in [6.07, 6.45) is 3.56. The molecule has 7 heteroatoms. The average molecular weight is 320 g/mol. The third kappa shape index (κ3) is 3.24. The minimum atomic E-state index is -3.42. The number of rotatable bonds is 3. The lowest BCUT2D eigenvalue weighted by Crippen LogP contribution is -2.50. The number of nitrogens with one attached hydrogen (secondary N) is 2. The molecule has 0 radical (unpaired) electrons. The van der Waals surface area contributed by atoms with Crippen molar-refractivity contribution >= 4 is 15.9 Å². The minimum Gasteiger partial charge on any atom is -0.383 e. The van der Waals surface area contributed by atoms with Gasteiger partial charge < -0.3 is 5.32 Å². The molecule has 1 atom stereocenters. The molecule has 1 fully saturated rings. The Morgan fingerprint density at radius 1 is 1.27 bits per heavy atom. The maximum Gasteiger partial charge on any atom is 0.279 e. The summed E-state index contributed by atoms with van der Waals surface area (Å²) in [5, 5.41) is 12.2. The van der Waals surface area contributed by atoms with Crippen molar-refractivity contribution in [2.45, 2.75) is 31.7 Å². The van der Waals surface area contributed by atoms with Crippen LogP contribution in [0.5, 0.6) is 0 Å². The van der Waals surface area contributed by atoms with Gasteiger partial charge in [-0.15, -0.1) is 0 Å². The Kier molecular flexibility index (Phi) is 4.34. The molecule has 2 aliphatic rings. The molecular formula is C15H20N4O2S. The summed E-state index contributed by atoms with van der Waals surface area (Å²) in [5.74, 6) is 0. The van der Waals surface area contributed by atoms with Gasteiger partial charge in [0, 0.05) is 31.4 Å². The molecule has 118 valence electrons. The second kappa shape index (κ2) is 6.24. The number of benzene rings is 1. The van der Waals surface area contributed by atoms with E-state index in [4.69, 9.17) is 5.26 Å². The van der Waals surface area contributed by atoms with Crippen LogP contribution in [0.25, 0.3) is 0 Å². The van der Waals surface area contributed by atoms with Gasteiger partial charge in [-0.3, -0.25) is 0 Å². The first kappa shape index (κ1) is 15.3. The smallest absolute Gasteiger partial charge is 0.279 e. The maximum atomic E-state index is 12.4. The van der Waals surface area contributed by atoms with Gasteiger partial charge in [-0.1, -0.05) is 6.42 Å². The van der Waals surface area contributed by atoms with Gasteiger partial charge in [0.2, 0.25) is 0 Å². The van der Waals surface area contributed by atoms with Crippen molar-refractivity contribution < 1.29 is 8.42 Å². The second-order valence-electron chi connectivity index (χ2n) is 5.85. The van der Waals surface area contributed by atoms with Crippen LogP contribution in [0, 0.1) is 11.3 Å². The summed E-state index contributed by atoms with van der Waals surface area (Å²) in [7, 11) is -3.42. The van der Waals surface area contributed by atoms with Crippen molar-refractivity contribution in [3.63, 3.8) is 0 Å². The number of piperidine rings is 1. The molecule has 0 bridgehead atoms. The summed E-state index contributed by atoms with van der Waals surface area (Å²) in [6.45, 7) is 1.77. The van der Waals surface area contributed by atoms with Crippen LogP contribution in [0.4, 0.5) is 5.69 Å². The molecule has 2 aliphatic heterocycles. The van der Waals surface area contributed by atoms with Crippen molar-refractivity contribution in [3.05, 3.63) is 29.3 Å². The molecule has 0 spiro atoms. The molecule has 22 heavy (non-hydrogen) atoms. The number of nitrogens with zero attached hydrogens (tertiary/aromatic N) is 2. The summed E-state index contributed by atoms with van der Waals surface area (Å²) < 4.78 is 29.2. The van der Waals surface area contributed by atoms with Crippen LogP contribution in [0.1, 0.15) is 30.4 Å². The molecule has 0 aromatic heterocycles. The highest BCUT2D eigenvalue weighted by Gasteiger charge is 2.28. The predicted octanol–water partition coefficient (Wildman–Crippen LogP) is 1.22. The number of anilines is 1. The standard InChI is InChI=1S/C15H20N4O2S/c16-10-12-4-5-15-13(8-12)9-14(11-17-15)18-22(20,21)19-6-2-1-3-7-19/h4-5,8,14,17-18H,1-3,6-7,9,11H2/t14-/m0/s1. The Hall–Kier alpha value is -1.62. The fourth-order valence-corrected chi connectivity index (χ4v) is 4.53. The summed E-state index contributed by atoms with van der Waals surface area (Å²) in [6, 6.07) is 7.40. The van der Waals surface area contributed by atoms with Crippen LogP contribution >= 0.6 is 0 Å². The van der Waals surface area contributed by atoms with E-state index in [9.17, 15) is 8.42 Å². The molecule has 1 saturated heterocycles. The van der Waals surface area contributed by atoms with Gasteiger partial charge in [0.25, 0.3) is 10.2 Å². The number of nitriles is 1. The van der Waals surface area contributed by atoms with Gasteiger partial charge in [-0.05, 0) is 43.0 Å². The molecule has 2 heterocycles. The van der Waals surface area contributed by atoms with Crippen LogP contribution in [0.2, 0.25) is 0 Å². The van der Waals surface area contributed by atoms with Crippen LogP contribution in [-0.4, -0.2) is 38.4 Å². The Balaban J connectivity index is 1.70. The fourth-order valence-electron chi connectivity index (χ4n) is 3.05. The molecule has 1 aromatic carbocycles. The molecule has 0 amide bonds. The fraction of sp³-hybridized carbons (Fsp3) is 0.533. The van der Waals surface area contributed by atoms with Crippen molar-refractivity contribution in [1.82, 2.24) is 9.03 Å². The summed E-state index contributed by atoms with van der Waals surface area (Å²) in [4.78, 5) is 0. The molecule has 0 unspecified atom stereocenters. The van der Waals surface area contributed by atoms with E-state index in [1.165, 1.54) is 4.31 Å². The lowest BCUT2D eigenvalue weighted by Gasteiger charge is -2.31. The predicted molar refractivity (Wildman–Crippen MR) is 84.6 cm³/mol. The largest absolute Gasteiger partial charge is 0.383 e. The summed E-state index contributed by atoms with van der Waals surface area (Å²) >= 11 is 0. The SMILES string of the molecule is N#Cc1ccc2c(c1)C[C@H](NS(=O)(=O)N1CCCCC1)CN2. The number of hydrogen-bond donors (Lipinski definition) is 2. The Morgan fingerprint density at radius 2 is 2.05 bits per heavy atom. The zero-order valence-electron chi connectivity index (χ0n) is 12.4. The number of fused-ring (bicyclic) bond motifs is 1. The first-order chi connectivity index (χ1) is 10.6. The highest BCUT2D eigenvalue weighted by Crippen LogP contribution is 2.23. The Labute approximate surface area is 131 Å². The minimum absolute atomic E-state index is 0.187. The molecule has 1 aromatic rings. The van der Waals surface area contributed by atoms with Crippen LogP contribution in [0.3, 0.4) is 0 Å². The summed E-state index contributed by atoms with van der Waals surface area (Å²) in [5.41, 5.74) is 2.56. The Morgan fingerprint density at radius 3 is 2.77 bits per heavy atom. The second-order valence-corrected chi connectivity index (χ2v) is 7.55. The lowest BCUT2D eigenvalue weighted by atomic mass is 9.98. The molecule has 2 N–H and O–H groups in total. The zero-order valence-corrected chi connectivity index (χ0v) is 13.2. The first-order valence-electron chi connectivity index (χ1n) is 7.63. The van der Waals surface area contributed by atoms with Crippen LogP contribution in [-0.2, 0) is 16.6 Å². The van der Waals surface area contributed by atoms with E-state index >= 15 is 0 Å². The number of hydrogen-bond acceptors (Lipinski definition) is 4. The normalized spacial score (nSPS) is 22.4. The molecule has 3 rings (SSSR count). The van der Waals surface area contributed by atoms with Gasteiger partial charge >= 0.3 is 0 Å². The van der Waals surface area contributed by atoms with Gasteiger partial charge in [-0.25, -0.2) is 0 Å². The monoisotopic (exact) mass is 320 g/mol. The topological polar surface area (TPSA) is 85.2 Å². The molecular weight excluding hydrogens is 300 g/mol. The van der Waals surface area contributed by atoms with E-state index in [1.54, 1.807) is 6.07 Å². The van der Waals surface area contributed by atoms with E-state index in [-0.39, 0.29) is 6.04 Å². The van der Waals surface area contributed by atoms with Gasteiger partial charge in [0.15, 0.2) is 0 Å². The van der Waals surface area contributed by atoms with Crippen molar-refractivity contribution in [2.75, 3.05) is 25.0 Å². The third-order valence-electron chi connectivity index (χ3n) is 4.21. The van der Waals surface area contributed by atoms with Gasteiger partial charge in [0.05, 0.1) is 11.6 Å². The average Bonchev–Trinajstić information content (AvgIpc) is 2.54. The Bertz CT molecular complexity index is 690. The molecule has 6 nitrogen and oxygen atoms in total. The van der Waals surface area contributed by atoms with E-state index in [1.807, 2.05) is 12.1 Å². The third-order valence-corrected chi connectivity index (χ3v) is 5.89. The van der Waals surface area contributed by atoms with E-state index in [0.717, 1.165) is 30.5 Å². The quantitative estimate of drug-likeness (QED) is 0.877. The van der Waals surface area contributed by atoms with Gasteiger partial charge in [-0.2, -0.15) is 22.7 Å². The van der Waals surface area contributed by atoms with Crippen molar-refractivity contribution in [2.24, 2.45) is 0 Å². The van der Waals surface area contributed by atoms with Crippen LogP contribution < -0.4 is 10.0 Å². The van der Waals surface area contributed by atoms with Crippen LogP contribution in [0.15, 0.2) is 18.2 Å². The van der Waals surface area contributed by atoms with E-state index in [0.29, 0.717) is 31.6 Å². The van der Waals surface area contributed by atoms with Gasteiger partial charge in [0.1, 0.15) is 0 Å². The van der Waals surface area contributed by atoms with E-state index < -0.39 is 10.2 Å². The maximum absolute atomic E-state index is 12.4. The van der Waals surface area contributed by atoms with E-state index in [2.05, 4.69) is 16.1 Å². The first-order valence-corrected chi connectivity index (χ1v) is 9.07. The molecule has 0 aliphatic carbocycles. The highest BCUT2D eigenvalue weighted by molar-refractivity contribution is 7.87. The van der Waals surface area contributed by atoms with Crippen molar-refractivity contribution in [1.29, 1.82) is 5.26 Å².